The maximum Gasteiger partial charge on any atom is 0.183 e. The van der Waals surface area contributed by atoms with Gasteiger partial charge in [0.1, 0.15) is 5.82 Å². The van der Waals surface area contributed by atoms with Gasteiger partial charge in [-0.3, -0.25) is 4.79 Å². The van der Waals surface area contributed by atoms with Gasteiger partial charge in [-0.25, -0.2) is 13.2 Å². The second kappa shape index (κ2) is 4.15. The van der Waals surface area contributed by atoms with Crippen LogP contribution in [0, 0.1) is 24.4 Å². The molecule has 2 rings (SSSR count). The van der Waals surface area contributed by atoms with E-state index in [4.69, 9.17) is 0 Å². The topological polar surface area (TPSA) is 22.0 Å². The van der Waals surface area contributed by atoms with E-state index in [0.717, 1.165) is 6.92 Å². The zero-order chi connectivity index (χ0) is 13.6. The van der Waals surface area contributed by atoms with Crippen molar-refractivity contribution in [3.05, 3.63) is 34.8 Å². The monoisotopic (exact) mass is 255 g/mol. The highest BCUT2D eigenvalue weighted by molar-refractivity contribution is 5.98. The number of benzene rings is 1. The van der Waals surface area contributed by atoms with Crippen LogP contribution in [0.2, 0.25) is 0 Å². The third-order valence-electron chi connectivity index (χ3n) is 3.02. The van der Waals surface area contributed by atoms with E-state index in [-0.39, 0.29) is 22.5 Å². The Morgan fingerprint density at radius 3 is 2.28 bits per heavy atom. The first-order chi connectivity index (χ1) is 8.40. The molecular formula is C13H12F3NO. The van der Waals surface area contributed by atoms with Crippen molar-refractivity contribution in [2.24, 2.45) is 0 Å². The molecular weight excluding hydrogens is 243 g/mol. The van der Waals surface area contributed by atoms with E-state index in [1.54, 1.807) is 13.8 Å². The molecule has 96 valence electrons. The molecule has 1 aromatic carbocycles. The minimum Gasteiger partial charge on any atom is -0.342 e. The summed E-state index contributed by atoms with van der Waals surface area (Å²) in [5.41, 5.74) is -0.587. The highest BCUT2D eigenvalue weighted by atomic mass is 19.2. The lowest BCUT2D eigenvalue weighted by atomic mass is 10.1. The summed E-state index contributed by atoms with van der Waals surface area (Å²) in [4.78, 5) is 10.9. The third-order valence-corrected chi connectivity index (χ3v) is 3.02. The van der Waals surface area contributed by atoms with Crippen molar-refractivity contribution in [1.29, 1.82) is 0 Å². The van der Waals surface area contributed by atoms with E-state index >= 15 is 0 Å². The van der Waals surface area contributed by atoms with Crippen LogP contribution in [0.3, 0.4) is 0 Å². The van der Waals surface area contributed by atoms with Crippen LogP contribution in [0.25, 0.3) is 10.9 Å². The number of carbonyl (C=O) groups excluding carboxylic acids is 1. The summed E-state index contributed by atoms with van der Waals surface area (Å²) < 4.78 is 42.8. The van der Waals surface area contributed by atoms with Gasteiger partial charge in [-0.1, -0.05) is 0 Å². The predicted octanol–water partition coefficient (Wildman–Crippen LogP) is 3.76. The Morgan fingerprint density at radius 1 is 1.17 bits per heavy atom. The summed E-state index contributed by atoms with van der Waals surface area (Å²) >= 11 is 0. The van der Waals surface area contributed by atoms with Crippen LogP contribution in [0.5, 0.6) is 0 Å². The number of hydrogen-bond acceptors (Lipinski definition) is 1. The number of nitrogens with zero attached hydrogens (tertiary/aromatic N) is 1. The van der Waals surface area contributed by atoms with Crippen molar-refractivity contribution in [3.63, 3.8) is 0 Å². The molecule has 18 heavy (non-hydrogen) atoms. The van der Waals surface area contributed by atoms with Gasteiger partial charge in [0.2, 0.25) is 0 Å². The second-order valence-electron chi connectivity index (χ2n) is 4.49. The molecule has 0 aliphatic heterocycles. The van der Waals surface area contributed by atoms with Gasteiger partial charge in [-0.2, -0.15) is 0 Å². The van der Waals surface area contributed by atoms with Gasteiger partial charge in [0.25, 0.3) is 0 Å². The van der Waals surface area contributed by atoms with Gasteiger partial charge in [0.05, 0.1) is 5.52 Å². The average molecular weight is 255 g/mol. The van der Waals surface area contributed by atoms with Crippen LogP contribution < -0.4 is 0 Å². The van der Waals surface area contributed by atoms with Crippen LogP contribution in [-0.2, 0) is 0 Å². The highest BCUT2D eigenvalue weighted by Crippen LogP contribution is 2.32. The molecule has 0 aliphatic carbocycles. The Bertz CT molecular complexity index is 644. The summed E-state index contributed by atoms with van der Waals surface area (Å²) in [6.07, 6.45) is 1.79. The van der Waals surface area contributed by atoms with E-state index < -0.39 is 23.0 Å². The molecule has 0 saturated carbocycles. The molecule has 0 bridgehead atoms. The standard InChI is InChI=1S/C13H12F3NO/c1-6(2)17-4-8(5-18)9-10(14)7(3)11(15)12(16)13(9)17/h4-6H,1-3H3. The fourth-order valence-corrected chi connectivity index (χ4v) is 2.05. The summed E-state index contributed by atoms with van der Waals surface area (Å²) in [6.45, 7) is 4.63. The van der Waals surface area contributed by atoms with Crippen LogP contribution in [0.15, 0.2) is 6.20 Å². The highest BCUT2D eigenvalue weighted by Gasteiger charge is 2.24. The van der Waals surface area contributed by atoms with Crippen molar-refractivity contribution in [2.75, 3.05) is 0 Å². The third kappa shape index (κ3) is 1.54. The normalized spacial score (nSPS) is 11.5. The number of aromatic nitrogens is 1. The Hall–Kier alpha value is -1.78. The smallest absolute Gasteiger partial charge is 0.183 e. The molecule has 1 aromatic heterocycles. The van der Waals surface area contributed by atoms with E-state index in [2.05, 4.69) is 0 Å². The fraction of sp³-hybridized carbons (Fsp3) is 0.308. The Balaban J connectivity index is 3.06. The lowest BCUT2D eigenvalue weighted by Crippen LogP contribution is -2.03. The molecule has 0 spiro atoms. The molecule has 0 fully saturated rings. The molecule has 0 amide bonds. The Kier molecular flexibility index (Phi) is 2.92. The lowest BCUT2D eigenvalue weighted by molar-refractivity contribution is 0.112. The molecule has 0 saturated heterocycles. The number of halogens is 3. The number of aldehydes is 1. The first kappa shape index (κ1) is 12.7. The SMILES string of the molecule is Cc1c(F)c(F)c2c(c(C=O)cn2C(C)C)c1F. The summed E-state index contributed by atoms with van der Waals surface area (Å²) in [6, 6.07) is -0.211. The number of carbonyl (C=O) groups is 1. The molecule has 0 unspecified atom stereocenters. The molecule has 2 nitrogen and oxygen atoms in total. The van der Waals surface area contributed by atoms with E-state index in [1.807, 2.05) is 0 Å². The van der Waals surface area contributed by atoms with Crippen molar-refractivity contribution in [3.8, 4) is 0 Å². The zero-order valence-electron chi connectivity index (χ0n) is 10.2. The van der Waals surface area contributed by atoms with Gasteiger partial charge in [-0.05, 0) is 20.8 Å². The van der Waals surface area contributed by atoms with E-state index in [0.29, 0.717) is 6.29 Å². The van der Waals surface area contributed by atoms with Crippen LogP contribution in [0.1, 0.15) is 35.8 Å². The largest absolute Gasteiger partial charge is 0.342 e. The van der Waals surface area contributed by atoms with Crippen molar-refractivity contribution >= 4 is 17.2 Å². The fourth-order valence-electron chi connectivity index (χ4n) is 2.05. The molecule has 1 heterocycles. The number of hydrogen-bond donors (Lipinski definition) is 0. The van der Waals surface area contributed by atoms with Crippen molar-refractivity contribution in [1.82, 2.24) is 4.57 Å². The van der Waals surface area contributed by atoms with Gasteiger partial charge in [-0.15, -0.1) is 0 Å². The van der Waals surface area contributed by atoms with E-state index in [1.165, 1.54) is 10.8 Å². The molecule has 0 N–H and O–H groups in total. The molecule has 5 heteroatoms. The van der Waals surface area contributed by atoms with Gasteiger partial charge in [0.15, 0.2) is 17.9 Å². The van der Waals surface area contributed by atoms with Gasteiger partial charge in [0, 0.05) is 28.8 Å². The maximum absolute atomic E-state index is 14.0. The van der Waals surface area contributed by atoms with Gasteiger partial charge < -0.3 is 4.57 Å². The van der Waals surface area contributed by atoms with Crippen LogP contribution in [-0.4, -0.2) is 10.9 Å². The minimum atomic E-state index is -1.21. The summed E-state index contributed by atoms with van der Waals surface area (Å²) in [5, 5.41) is -0.157. The quantitative estimate of drug-likeness (QED) is 0.591. The second-order valence-corrected chi connectivity index (χ2v) is 4.49. The lowest BCUT2D eigenvalue weighted by Gasteiger charge is -2.11. The number of fused-ring (bicyclic) bond motifs is 1. The van der Waals surface area contributed by atoms with Crippen LogP contribution in [0.4, 0.5) is 13.2 Å². The van der Waals surface area contributed by atoms with Crippen LogP contribution >= 0.6 is 0 Å². The first-order valence-electron chi connectivity index (χ1n) is 5.52. The molecule has 0 aliphatic rings. The Labute approximate surface area is 102 Å². The Morgan fingerprint density at radius 2 is 1.78 bits per heavy atom. The average Bonchev–Trinajstić information content (AvgIpc) is 2.73. The zero-order valence-corrected chi connectivity index (χ0v) is 10.2. The van der Waals surface area contributed by atoms with Crippen molar-refractivity contribution in [2.45, 2.75) is 26.8 Å². The maximum atomic E-state index is 14.0. The van der Waals surface area contributed by atoms with Crippen molar-refractivity contribution < 1.29 is 18.0 Å². The molecule has 2 aromatic rings. The number of rotatable bonds is 2. The molecule has 0 radical (unpaired) electrons. The molecule has 0 atom stereocenters. The summed E-state index contributed by atoms with van der Waals surface area (Å²) in [5.74, 6) is -3.21. The van der Waals surface area contributed by atoms with Gasteiger partial charge >= 0.3 is 0 Å². The predicted molar refractivity (Wildman–Crippen MR) is 62.3 cm³/mol. The summed E-state index contributed by atoms with van der Waals surface area (Å²) in [7, 11) is 0. The first-order valence-corrected chi connectivity index (χ1v) is 5.52. The minimum absolute atomic E-state index is 0.0261. The van der Waals surface area contributed by atoms with E-state index in [9.17, 15) is 18.0 Å².